The second-order valence-electron chi connectivity index (χ2n) is 23.5. The normalized spacial score (nSPS) is 11.3. The molecule has 468 valence electrons. The lowest BCUT2D eigenvalue weighted by Gasteiger charge is -2.11. The SMILES string of the molecule is CCCCCCCc1ccccc1-c1ccc(-c2nn(C)c3cc(Br)ccc23)c(F)c1.CCCCCCc1ccccc1-c1ccc(-c2nn(C)c3cc(Br)ccc23)c(F)c1.Cn1nc(-c2ccc(-c3ccccc3CCCCCO)cc2F)c2ccc(Br)cc21. The summed E-state index contributed by atoms with van der Waals surface area (Å²) in [6.07, 6.45) is 17.0. The lowest BCUT2D eigenvalue weighted by atomic mass is 9.94. The fraction of sp³-hybridized carbons (Fsp3) is 0.269. The Morgan fingerprint density at radius 1 is 0.341 bits per heavy atom. The predicted octanol–water partition coefficient (Wildman–Crippen LogP) is 22.8. The van der Waals surface area contributed by atoms with Gasteiger partial charge in [0, 0.05) is 74.0 Å². The van der Waals surface area contributed by atoms with Gasteiger partial charge in [-0.05, 0) is 186 Å². The maximum atomic E-state index is 15.3. The Labute approximate surface area is 558 Å². The molecule has 9 aromatic carbocycles. The summed E-state index contributed by atoms with van der Waals surface area (Å²) in [5.41, 5.74) is 16.3. The second-order valence-corrected chi connectivity index (χ2v) is 26.2. The van der Waals surface area contributed by atoms with E-state index in [1.807, 2.05) is 142 Å². The van der Waals surface area contributed by atoms with Crippen LogP contribution in [0.1, 0.15) is 108 Å². The fourth-order valence-corrected chi connectivity index (χ4v) is 13.3. The summed E-state index contributed by atoms with van der Waals surface area (Å²) in [7, 11) is 5.65. The number of fused-ring (bicyclic) bond motifs is 3. The van der Waals surface area contributed by atoms with Gasteiger partial charge in [-0.3, -0.25) is 14.0 Å². The molecule has 0 fully saturated rings. The molecule has 91 heavy (non-hydrogen) atoms. The van der Waals surface area contributed by atoms with Crippen molar-refractivity contribution in [3.05, 3.63) is 230 Å². The zero-order valence-corrected chi connectivity index (χ0v) is 57.3. The van der Waals surface area contributed by atoms with Crippen molar-refractivity contribution >= 4 is 80.5 Å². The monoisotopic (exact) mass is 1410 g/mol. The highest BCUT2D eigenvalue weighted by Crippen LogP contribution is 2.38. The standard InChI is InChI=1S/C27H28BrFN2.C26H26BrFN2.C25H24BrFN2O/c1-3-4-5-6-7-10-19-11-8-9-12-22(19)20-13-15-23(25(29)17-20)27-24-16-14-21(28)18-26(24)31(2)30-27;1-3-4-5-6-9-18-10-7-8-11-21(18)19-12-14-22(24(28)16-19)26-23-15-13-20(27)17-25(23)30(2)29-26;1-29-24-16-19(26)11-13-22(24)25(28-29)21-12-10-18(15-23(21)27)20-9-5-4-8-17(20)7-3-2-6-14-30/h8-9,11-18H,3-7,10H2,1-2H3;7-8,10-17H,3-6,9H2,1-2H3;4-5,8-13,15-16,30H,2-3,6-7,14H2,1H3. The Kier molecular flexibility index (Phi) is 23.2. The molecule has 0 aliphatic heterocycles. The van der Waals surface area contributed by atoms with Crippen LogP contribution in [0, 0.1) is 17.5 Å². The van der Waals surface area contributed by atoms with Gasteiger partial charge in [0.05, 0.1) is 16.6 Å². The minimum absolute atomic E-state index is 0.230. The first-order valence-corrected chi connectivity index (χ1v) is 34.2. The third kappa shape index (κ3) is 16.1. The molecule has 7 nitrogen and oxygen atoms in total. The Hall–Kier alpha value is -7.42. The molecule has 0 bridgehead atoms. The molecular formula is C78H78Br3F3N6O. The van der Waals surface area contributed by atoms with Gasteiger partial charge in [0.25, 0.3) is 0 Å². The highest BCUT2D eigenvalue weighted by molar-refractivity contribution is 9.11. The number of aliphatic hydroxyl groups excluding tert-OH is 1. The molecule has 0 amide bonds. The van der Waals surface area contributed by atoms with E-state index in [1.165, 1.54) is 74.5 Å². The highest BCUT2D eigenvalue weighted by atomic mass is 79.9. The average Bonchev–Trinajstić information content (AvgIpc) is 1.74. The lowest BCUT2D eigenvalue weighted by molar-refractivity contribution is 0.283. The average molecular weight is 1410 g/mol. The van der Waals surface area contributed by atoms with Gasteiger partial charge in [-0.2, -0.15) is 15.3 Å². The first kappa shape index (κ1) is 66.5. The van der Waals surface area contributed by atoms with Crippen LogP contribution in [0.15, 0.2) is 195 Å². The van der Waals surface area contributed by atoms with Gasteiger partial charge in [-0.1, -0.05) is 204 Å². The van der Waals surface area contributed by atoms with Gasteiger partial charge in [-0.25, -0.2) is 13.2 Å². The molecule has 0 radical (unpaired) electrons. The zero-order chi connectivity index (χ0) is 64.0. The van der Waals surface area contributed by atoms with E-state index < -0.39 is 0 Å². The molecule has 12 aromatic rings. The zero-order valence-electron chi connectivity index (χ0n) is 52.5. The lowest BCUT2D eigenvalue weighted by Crippen LogP contribution is -1.94. The molecular weight excluding hydrogens is 1330 g/mol. The Balaban J connectivity index is 0.000000150. The van der Waals surface area contributed by atoms with E-state index in [1.54, 1.807) is 32.2 Å². The molecule has 0 saturated carbocycles. The number of hydrogen-bond acceptors (Lipinski definition) is 4. The van der Waals surface area contributed by atoms with E-state index in [-0.39, 0.29) is 24.1 Å². The van der Waals surface area contributed by atoms with E-state index in [0.717, 1.165) is 118 Å². The minimum atomic E-state index is -0.273. The summed E-state index contributed by atoms with van der Waals surface area (Å²) in [6, 6.07) is 59.2. The third-order valence-electron chi connectivity index (χ3n) is 17.1. The van der Waals surface area contributed by atoms with Crippen LogP contribution in [0.25, 0.3) is 99.9 Å². The Morgan fingerprint density at radius 2 is 0.637 bits per heavy atom. The van der Waals surface area contributed by atoms with Crippen LogP contribution in [0.2, 0.25) is 0 Å². The van der Waals surface area contributed by atoms with E-state index in [2.05, 4.69) is 119 Å². The summed E-state index contributed by atoms with van der Waals surface area (Å²) in [5.74, 6) is -0.750. The number of unbranched alkanes of at least 4 members (excludes halogenated alkanes) is 9. The van der Waals surface area contributed by atoms with Gasteiger partial charge in [0.1, 0.15) is 34.5 Å². The first-order valence-electron chi connectivity index (χ1n) is 31.9. The quantitative estimate of drug-likeness (QED) is 0.0686. The van der Waals surface area contributed by atoms with Crippen molar-refractivity contribution in [3.8, 4) is 67.2 Å². The summed E-state index contributed by atoms with van der Waals surface area (Å²) < 4.78 is 54.1. The molecule has 3 heterocycles. The van der Waals surface area contributed by atoms with Gasteiger partial charge in [0.2, 0.25) is 0 Å². The largest absolute Gasteiger partial charge is 0.396 e. The van der Waals surface area contributed by atoms with Crippen LogP contribution in [0.4, 0.5) is 13.2 Å². The molecule has 3 aromatic heterocycles. The molecule has 0 spiro atoms. The van der Waals surface area contributed by atoms with Crippen LogP contribution in [-0.4, -0.2) is 41.1 Å². The Bertz CT molecular complexity index is 4270. The van der Waals surface area contributed by atoms with Crippen LogP contribution in [-0.2, 0) is 40.4 Å². The number of aliphatic hydroxyl groups is 1. The van der Waals surface area contributed by atoms with Crippen molar-refractivity contribution in [1.82, 2.24) is 29.3 Å². The number of rotatable bonds is 22. The number of halogens is 6. The van der Waals surface area contributed by atoms with Gasteiger partial charge < -0.3 is 5.11 Å². The summed E-state index contributed by atoms with van der Waals surface area (Å²) in [6.45, 7) is 4.69. The van der Waals surface area contributed by atoms with Crippen molar-refractivity contribution in [3.63, 3.8) is 0 Å². The van der Waals surface area contributed by atoms with Crippen molar-refractivity contribution in [2.75, 3.05) is 6.61 Å². The van der Waals surface area contributed by atoms with Crippen LogP contribution >= 0.6 is 47.8 Å². The number of aryl methyl sites for hydroxylation is 6. The van der Waals surface area contributed by atoms with Gasteiger partial charge in [-0.15, -0.1) is 0 Å². The predicted molar refractivity (Wildman–Crippen MR) is 383 cm³/mol. The van der Waals surface area contributed by atoms with Crippen molar-refractivity contribution in [2.45, 2.75) is 110 Å². The minimum Gasteiger partial charge on any atom is -0.396 e. The third-order valence-corrected chi connectivity index (χ3v) is 18.5. The first-order chi connectivity index (χ1) is 44.2. The maximum Gasteiger partial charge on any atom is 0.133 e. The number of hydrogen-bond donors (Lipinski definition) is 1. The van der Waals surface area contributed by atoms with Gasteiger partial charge >= 0.3 is 0 Å². The van der Waals surface area contributed by atoms with E-state index in [0.29, 0.717) is 33.8 Å². The van der Waals surface area contributed by atoms with Crippen molar-refractivity contribution in [2.24, 2.45) is 21.1 Å². The molecule has 12 rings (SSSR count). The summed E-state index contributed by atoms with van der Waals surface area (Å²) >= 11 is 10.5. The topological polar surface area (TPSA) is 73.7 Å². The smallest absolute Gasteiger partial charge is 0.133 e. The van der Waals surface area contributed by atoms with Crippen LogP contribution in [0.5, 0.6) is 0 Å². The van der Waals surface area contributed by atoms with E-state index in [9.17, 15) is 0 Å². The Morgan fingerprint density at radius 3 is 0.945 bits per heavy atom. The fourth-order valence-electron chi connectivity index (χ4n) is 12.2. The molecule has 0 atom stereocenters. The van der Waals surface area contributed by atoms with E-state index >= 15 is 13.2 Å². The van der Waals surface area contributed by atoms with Crippen LogP contribution in [0.3, 0.4) is 0 Å². The summed E-state index contributed by atoms with van der Waals surface area (Å²) in [5, 5.41) is 25.6. The number of benzene rings is 9. The molecule has 1 N–H and O–H groups in total. The molecule has 0 unspecified atom stereocenters. The summed E-state index contributed by atoms with van der Waals surface area (Å²) in [4.78, 5) is 0. The number of nitrogens with zero attached hydrogens (tertiary/aromatic N) is 6. The van der Waals surface area contributed by atoms with Crippen molar-refractivity contribution in [1.29, 1.82) is 0 Å². The molecule has 0 saturated heterocycles. The van der Waals surface area contributed by atoms with Gasteiger partial charge in [0.15, 0.2) is 0 Å². The second kappa shape index (κ2) is 31.7. The molecule has 13 heteroatoms. The van der Waals surface area contributed by atoms with Crippen LogP contribution < -0.4 is 0 Å². The molecule has 0 aliphatic carbocycles. The maximum absolute atomic E-state index is 15.3. The highest BCUT2D eigenvalue weighted by Gasteiger charge is 2.20. The van der Waals surface area contributed by atoms with Crippen molar-refractivity contribution < 1.29 is 18.3 Å². The molecule has 0 aliphatic rings. The van der Waals surface area contributed by atoms with E-state index in [4.69, 9.17) is 5.11 Å². The number of aromatic nitrogens is 6.